The van der Waals surface area contributed by atoms with Gasteiger partial charge in [0, 0.05) is 49.7 Å². The summed E-state index contributed by atoms with van der Waals surface area (Å²) in [5.74, 6) is -0.264. The van der Waals surface area contributed by atoms with E-state index < -0.39 is 0 Å². The molecular weight excluding hydrogens is 434 g/mol. The van der Waals surface area contributed by atoms with E-state index in [0.717, 1.165) is 34.2 Å². The van der Waals surface area contributed by atoms with E-state index in [-0.39, 0.29) is 11.5 Å². The molecule has 0 radical (unpaired) electrons. The van der Waals surface area contributed by atoms with Gasteiger partial charge in [-0.15, -0.1) is 0 Å². The van der Waals surface area contributed by atoms with Gasteiger partial charge in [0.2, 0.25) is 5.91 Å². The molecule has 0 aliphatic carbocycles. The third kappa shape index (κ3) is 4.76. The Hall–Kier alpha value is -4.12. The van der Waals surface area contributed by atoms with Crippen LogP contribution in [0.4, 0.5) is 11.4 Å². The normalized spacial score (nSPS) is 10.9. The van der Waals surface area contributed by atoms with Crippen molar-refractivity contribution in [3.63, 3.8) is 0 Å². The van der Waals surface area contributed by atoms with Crippen LogP contribution in [-0.4, -0.2) is 24.6 Å². The Kier molecular flexibility index (Phi) is 6.61. The maximum absolute atomic E-state index is 13.1. The minimum atomic E-state index is -0.264. The molecule has 178 valence electrons. The monoisotopic (exact) mass is 465 g/mol. The SMILES string of the molecule is C=CC(=O)Nc1ccc(Cc2c(C)cccc2C)c(-c2cn(C)c(=O)c3cc(N(C)C)ccc23)c1. The van der Waals surface area contributed by atoms with Crippen LogP contribution in [-0.2, 0) is 18.3 Å². The van der Waals surface area contributed by atoms with Crippen molar-refractivity contribution in [1.82, 2.24) is 4.57 Å². The molecule has 3 aromatic carbocycles. The fraction of sp³-hybridized carbons (Fsp3) is 0.200. The molecule has 0 spiro atoms. The second-order valence-corrected chi connectivity index (χ2v) is 9.20. The third-order valence-electron chi connectivity index (χ3n) is 6.55. The lowest BCUT2D eigenvalue weighted by Gasteiger charge is -2.19. The van der Waals surface area contributed by atoms with Crippen LogP contribution in [0.3, 0.4) is 0 Å². The van der Waals surface area contributed by atoms with Gasteiger partial charge in [-0.1, -0.05) is 36.9 Å². The Labute approximate surface area is 206 Å². The number of aryl methyl sites for hydroxylation is 3. The second kappa shape index (κ2) is 9.63. The summed E-state index contributed by atoms with van der Waals surface area (Å²) in [6, 6.07) is 18.3. The summed E-state index contributed by atoms with van der Waals surface area (Å²) >= 11 is 0. The quantitative estimate of drug-likeness (QED) is 0.377. The molecule has 4 aromatic rings. The Bertz CT molecular complexity index is 1490. The molecule has 0 fully saturated rings. The molecule has 0 saturated carbocycles. The number of nitrogens with one attached hydrogen (secondary N) is 1. The molecule has 0 saturated heterocycles. The topological polar surface area (TPSA) is 54.3 Å². The highest BCUT2D eigenvalue weighted by molar-refractivity contribution is 6.01. The summed E-state index contributed by atoms with van der Waals surface area (Å²) in [5.41, 5.74) is 8.41. The molecule has 0 unspecified atom stereocenters. The van der Waals surface area contributed by atoms with Gasteiger partial charge in [0.15, 0.2) is 0 Å². The number of pyridine rings is 1. The van der Waals surface area contributed by atoms with Crippen LogP contribution in [0.25, 0.3) is 21.9 Å². The number of fused-ring (bicyclic) bond motifs is 1. The third-order valence-corrected chi connectivity index (χ3v) is 6.55. The number of amides is 1. The molecule has 1 heterocycles. The molecule has 1 amide bonds. The minimum Gasteiger partial charge on any atom is -0.378 e. The largest absolute Gasteiger partial charge is 0.378 e. The van der Waals surface area contributed by atoms with Crippen molar-refractivity contribution in [2.24, 2.45) is 7.05 Å². The van der Waals surface area contributed by atoms with Gasteiger partial charge in [-0.25, -0.2) is 0 Å². The first kappa shape index (κ1) is 24.0. The maximum Gasteiger partial charge on any atom is 0.258 e. The lowest BCUT2D eigenvalue weighted by atomic mass is 9.89. The van der Waals surface area contributed by atoms with Gasteiger partial charge in [0.25, 0.3) is 5.56 Å². The Morgan fingerprint density at radius 3 is 2.37 bits per heavy atom. The van der Waals surface area contributed by atoms with E-state index in [1.54, 1.807) is 11.6 Å². The van der Waals surface area contributed by atoms with E-state index >= 15 is 0 Å². The second-order valence-electron chi connectivity index (χ2n) is 9.20. The highest BCUT2D eigenvalue weighted by Crippen LogP contribution is 2.35. The van der Waals surface area contributed by atoms with E-state index in [1.165, 1.54) is 22.8 Å². The van der Waals surface area contributed by atoms with Crippen LogP contribution < -0.4 is 15.8 Å². The van der Waals surface area contributed by atoms with Crippen molar-refractivity contribution in [3.8, 4) is 11.1 Å². The van der Waals surface area contributed by atoms with Crippen molar-refractivity contribution in [2.45, 2.75) is 20.3 Å². The number of benzene rings is 3. The van der Waals surface area contributed by atoms with Crippen molar-refractivity contribution in [3.05, 3.63) is 106 Å². The predicted octanol–water partition coefficient (Wildman–Crippen LogP) is 5.60. The maximum atomic E-state index is 13.1. The smallest absolute Gasteiger partial charge is 0.258 e. The first-order valence-electron chi connectivity index (χ1n) is 11.6. The van der Waals surface area contributed by atoms with Crippen LogP contribution in [0.2, 0.25) is 0 Å². The molecule has 5 heteroatoms. The van der Waals surface area contributed by atoms with Crippen molar-refractivity contribution >= 4 is 28.1 Å². The summed E-state index contributed by atoms with van der Waals surface area (Å²) in [5, 5.41) is 4.43. The Balaban J connectivity index is 1.99. The Morgan fingerprint density at radius 1 is 1.00 bits per heavy atom. The molecule has 1 aromatic heterocycles. The van der Waals surface area contributed by atoms with E-state index in [0.29, 0.717) is 11.1 Å². The standard InChI is InChI=1S/C30H31N3O2/c1-7-29(34)31-22-12-11-21(15-25-19(2)9-8-10-20(25)3)26(16-22)28-18-33(6)30(35)27-17-23(32(4)5)13-14-24(27)28/h7-14,16-18H,1,15H2,2-6H3,(H,31,34). The van der Waals surface area contributed by atoms with Gasteiger partial charge < -0.3 is 14.8 Å². The molecule has 5 nitrogen and oxygen atoms in total. The number of carbonyl (C=O) groups is 1. The van der Waals surface area contributed by atoms with Crippen LogP contribution in [0.1, 0.15) is 22.3 Å². The van der Waals surface area contributed by atoms with Crippen molar-refractivity contribution in [1.29, 1.82) is 0 Å². The molecule has 35 heavy (non-hydrogen) atoms. The molecule has 0 atom stereocenters. The highest BCUT2D eigenvalue weighted by atomic mass is 16.1. The first-order chi connectivity index (χ1) is 16.7. The van der Waals surface area contributed by atoms with E-state index in [1.807, 2.05) is 55.5 Å². The minimum absolute atomic E-state index is 0.0418. The predicted molar refractivity (Wildman–Crippen MR) is 147 cm³/mol. The van der Waals surface area contributed by atoms with E-state index in [9.17, 15) is 9.59 Å². The number of hydrogen-bond acceptors (Lipinski definition) is 3. The van der Waals surface area contributed by atoms with Gasteiger partial charge >= 0.3 is 0 Å². The molecule has 4 rings (SSSR count). The Morgan fingerprint density at radius 2 is 1.71 bits per heavy atom. The number of nitrogens with zero attached hydrogens (tertiary/aromatic N) is 2. The van der Waals surface area contributed by atoms with Gasteiger partial charge in [0.1, 0.15) is 0 Å². The van der Waals surface area contributed by atoms with Gasteiger partial charge in [-0.05, 0) is 83.8 Å². The number of aromatic nitrogens is 1. The van der Waals surface area contributed by atoms with Crippen LogP contribution >= 0.6 is 0 Å². The highest BCUT2D eigenvalue weighted by Gasteiger charge is 2.16. The van der Waals surface area contributed by atoms with E-state index in [4.69, 9.17) is 0 Å². The molecule has 0 aliphatic rings. The van der Waals surface area contributed by atoms with E-state index in [2.05, 4.69) is 50.0 Å². The lowest BCUT2D eigenvalue weighted by molar-refractivity contribution is -0.111. The number of rotatable bonds is 6. The summed E-state index contributed by atoms with van der Waals surface area (Å²) < 4.78 is 1.63. The zero-order chi connectivity index (χ0) is 25.3. The number of hydrogen-bond donors (Lipinski definition) is 1. The zero-order valence-electron chi connectivity index (χ0n) is 21.0. The summed E-state index contributed by atoms with van der Waals surface area (Å²) in [6.07, 6.45) is 3.89. The van der Waals surface area contributed by atoms with Gasteiger partial charge in [-0.3, -0.25) is 9.59 Å². The van der Waals surface area contributed by atoms with Crippen molar-refractivity contribution < 1.29 is 4.79 Å². The van der Waals surface area contributed by atoms with Crippen LogP contribution in [0.5, 0.6) is 0 Å². The fourth-order valence-electron chi connectivity index (χ4n) is 4.52. The van der Waals surface area contributed by atoms with Gasteiger partial charge in [0.05, 0.1) is 0 Å². The summed E-state index contributed by atoms with van der Waals surface area (Å²) in [7, 11) is 5.70. The molecule has 1 N–H and O–H groups in total. The average Bonchev–Trinajstić information content (AvgIpc) is 2.84. The molecule has 0 aliphatic heterocycles. The average molecular weight is 466 g/mol. The molecular formula is C30H31N3O2. The summed E-state index contributed by atoms with van der Waals surface area (Å²) in [6.45, 7) is 7.82. The fourth-order valence-corrected chi connectivity index (χ4v) is 4.52. The summed E-state index contributed by atoms with van der Waals surface area (Å²) in [4.78, 5) is 27.1. The first-order valence-corrected chi connectivity index (χ1v) is 11.6. The van der Waals surface area contributed by atoms with Crippen molar-refractivity contribution in [2.75, 3.05) is 24.3 Å². The number of anilines is 2. The zero-order valence-corrected chi connectivity index (χ0v) is 21.0. The van der Waals surface area contributed by atoms with Crippen LogP contribution in [0.15, 0.2) is 78.2 Å². The number of carbonyl (C=O) groups excluding carboxylic acids is 1. The van der Waals surface area contributed by atoms with Gasteiger partial charge in [-0.2, -0.15) is 0 Å². The molecule has 0 bridgehead atoms. The van der Waals surface area contributed by atoms with Crippen LogP contribution in [0, 0.1) is 13.8 Å². The lowest BCUT2D eigenvalue weighted by Crippen LogP contribution is -2.18.